The van der Waals surface area contributed by atoms with E-state index in [0.29, 0.717) is 17.5 Å². The van der Waals surface area contributed by atoms with Crippen LogP contribution >= 0.6 is 0 Å². The molecule has 6 heteroatoms. The van der Waals surface area contributed by atoms with Crippen LogP contribution in [0.2, 0.25) is 0 Å². The van der Waals surface area contributed by atoms with E-state index in [0.717, 1.165) is 19.3 Å². The molecule has 2 aromatic rings. The third-order valence-electron chi connectivity index (χ3n) is 5.65. The first-order valence-corrected chi connectivity index (χ1v) is 11.0. The fourth-order valence-electron chi connectivity index (χ4n) is 3.89. The second-order valence-electron chi connectivity index (χ2n) is 7.98. The lowest BCUT2D eigenvalue weighted by atomic mass is 9.85. The van der Waals surface area contributed by atoms with Gasteiger partial charge in [-0.25, -0.2) is 9.59 Å². The highest BCUT2D eigenvalue weighted by Gasteiger charge is 2.20. The molecular formula is C25H32O6. The third kappa shape index (κ3) is 7.02. The van der Waals surface area contributed by atoms with E-state index in [9.17, 15) is 30.0 Å². The molecule has 0 aliphatic carbocycles. The number of carbonyl (C=O) groups is 2. The molecule has 0 unspecified atom stereocenters. The Balaban J connectivity index is 2.21. The Labute approximate surface area is 183 Å². The molecule has 0 saturated heterocycles. The van der Waals surface area contributed by atoms with Crippen molar-refractivity contribution in [2.24, 2.45) is 0 Å². The van der Waals surface area contributed by atoms with Crippen molar-refractivity contribution in [1.82, 2.24) is 0 Å². The summed E-state index contributed by atoms with van der Waals surface area (Å²) in [5.74, 6) is -3.29. The Morgan fingerprint density at radius 1 is 0.710 bits per heavy atom. The lowest BCUT2D eigenvalue weighted by Gasteiger charge is -2.20. The van der Waals surface area contributed by atoms with Gasteiger partial charge in [-0.15, -0.1) is 0 Å². The summed E-state index contributed by atoms with van der Waals surface area (Å²) in [5.41, 5.74) is 1.02. The minimum atomic E-state index is -1.22. The quantitative estimate of drug-likeness (QED) is 0.284. The molecule has 0 heterocycles. The molecule has 2 rings (SSSR count). The molecule has 0 amide bonds. The summed E-state index contributed by atoms with van der Waals surface area (Å²) in [7, 11) is 0. The lowest BCUT2D eigenvalue weighted by molar-refractivity contribution is 0.0682. The zero-order valence-electron chi connectivity index (χ0n) is 18.0. The van der Waals surface area contributed by atoms with Crippen molar-refractivity contribution < 1.29 is 30.0 Å². The minimum Gasteiger partial charge on any atom is -0.507 e. The van der Waals surface area contributed by atoms with Gasteiger partial charge in [-0.05, 0) is 41.8 Å². The van der Waals surface area contributed by atoms with Gasteiger partial charge in [0.1, 0.15) is 22.6 Å². The molecule has 31 heavy (non-hydrogen) atoms. The molecule has 4 N–H and O–H groups in total. The van der Waals surface area contributed by atoms with E-state index in [-0.39, 0.29) is 28.5 Å². The predicted molar refractivity (Wildman–Crippen MR) is 119 cm³/mol. The number of hydrogen-bond donors (Lipinski definition) is 4. The van der Waals surface area contributed by atoms with Crippen LogP contribution in [0.25, 0.3) is 0 Å². The van der Waals surface area contributed by atoms with Crippen LogP contribution in [-0.2, 0) is 0 Å². The average Bonchev–Trinajstić information content (AvgIpc) is 2.73. The van der Waals surface area contributed by atoms with Crippen LogP contribution < -0.4 is 0 Å². The Morgan fingerprint density at radius 3 is 1.55 bits per heavy atom. The minimum absolute atomic E-state index is 0.185. The first-order chi connectivity index (χ1) is 14.8. The maximum Gasteiger partial charge on any atom is 0.339 e. The summed E-state index contributed by atoms with van der Waals surface area (Å²) in [6, 6.07) is 8.95. The van der Waals surface area contributed by atoms with E-state index in [1.807, 2.05) is 0 Å². The molecule has 6 nitrogen and oxygen atoms in total. The van der Waals surface area contributed by atoms with Gasteiger partial charge in [-0.3, -0.25) is 0 Å². The van der Waals surface area contributed by atoms with Crippen LogP contribution in [0.5, 0.6) is 11.5 Å². The van der Waals surface area contributed by atoms with Gasteiger partial charge in [0.05, 0.1) is 0 Å². The van der Waals surface area contributed by atoms with Crippen molar-refractivity contribution in [2.75, 3.05) is 0 Å². The van der Waals surface area contributed by atoms with Crippen LogP contribution in [0, 0.1) is 0 Å². The van der Waals surface area contributed by atoms with Crippen LogP contribution in [0.4, 0.5) is 0 Å². The van der Waals surface area contributed by atoms with E-state index >= 15 is 0 Å². The number of carboxylic acid groups (broad SMARTS) is 2. The van der Waals surface area contributed by atoms with E-state index in [2.05, 4.69) is 6.92 Å². The van der Waals surface area contributed by atoms with E-state index < -0.39 is 11.9 Å². The van der Waals surface area contributed by atoms with Crippen molar-refractivity contribution in [3.8, 4) is 11.5 Å². The van der Waals surface area contributed by atoms with Crippen molar-refractivity contribution in [1.29, 1.82) is 0 Å². The highest BCUT2D eigenvalue weighted by atomic mass is 16.4. The lowest BCUT2D eigenvalue weighted by Crippen LogP contribution is -2.06. The molecule has 0 atom stereocenters. The molecule has 0 fully saturated rings. The summed E-state index contributed by atoms with van der Waals surface area (Å²) in [5, 5.41) is 38.4. The molecule has 0 aliphatic rings. The topological polar surface area (TPSA) is 115 Å². The Hall–Kier alpha value is -3.02. The number of carboxylic acids is 2. The molecule has 0 aromatic heterocycles. The highest BCUT2D eigenvalue weighted by molar-refractivity contribution is 5.91. The molecule has 0 spiro atoms. The maximum absolute atomic E-state index is 11.5. The van der Waals surface area contributed by atoms with Gasteiger partial charge in [0, 0.05) is 5.92 Å². The van der Waals surface area contributed by atoms with Crippen molar-refractivity contribution >= 4 is 11.9 Å². The van der Waals surface area contributed by atoms with Crippen LogP contribution in [0.3, 0.4) is 0 Å². The summed E-state index contributed by atoms with van der Waals surface area (Å²) < 4.78 is 0. The molecule has 2 aromatic carbocycles. The fourth-order valence-corrected chi connectivity index (χ4v) is 3.89. The van der Waals surface area contributed by atoms with Gasteiger partial charge in [0.15, 0.2) is 0 Å². The molecule has 0 saturated carbocycles. The average molecular weight is 429 g/mol. The number of phenols is 2. The Kier molecular flexibility index (Phi) is 9.38. The van der Waals surface area contributed by atoms with E-state index in [1.165, 1.54) is 56.4 Å². The molecule has 0 bridgehead atoms. The van der Waals surface area contributed by atoms with Gasteiger partial charge >= 0.3 is 11.9 Å². The van der Waals surface area contributed by atoms with Gasteiger partial charge in [0.2, 0.25) is 0 Å². The van der Waals surface area contributed by atoms with Crippen LogP contribution in [0.15, 0.2) is 36.4 Å². The molecular weight excluding hydrogens is 396 g/mol. The first kappa shape index (κ1) is 24.3. The second kappa shape index (κ2) is 12.0. The van der Waals surface area contributed by atoms with Gasteiger partial charge in [-0.2, -0.15) is 0 Å². The standard InChI is InChI=1S/C25H32O6/c1-2-3-4-5-6-7-8-9-10-19(17-11-13-22(26)20(15-17)24(28)29)18-12-14-23(27)21(16-18)25(30)31/h11-16,19,26-27H,2-10H2,1H3,(H,28,29)(H,30,31). The number of benzene rings is 2. The zero-order valence-corrected chi connectivity index (χ0v) is 18.0. The summed E-state index contributed by atoms with van der Waals surface area (Å²) >= 11 is 0. The van der Waals surface area contributed by atoms with Gasteiger partial charge in [-0.1, -0.05) is 70.4 Å². The normalized spacial score (nSPS) is 11.0. The zero-order chi connectivity index (χ0) is 22.8. The van der Waals surface area contributed by atoms with E-state index in [1.54, 1.807) is 12.1 Å². The smallest absolute Gasteiger partial charge is 0.339 e. The third-order valence-corrected chi connectivity index (χ3v) is 5.65. The summed E-state index contributed by atoms with van der Waals surface area (Å²) in [4.78, 5) is 22.9. The number of hydrogen-bond acceptors (Lipinski definition) is 4. The monoisotopic (exact) mass is 428 g/mol. The predicted octanol–water partition coefficient (Wildman–Crippen LogP) is 6.16. The molecule has 0 aliphatic heterocycles. The number of aromatic hydroxyl groups is 2. The maximum atomic E-state index is 11.5. The number of unbranched alkanes of at least 4 members (excludes halogenated alkanes) is 7. The van der Waals surface area contributed by atoms with Crippen molar-refractivity contribution in [3.05, 3.63) is 58.7 Å². The summed E-state index contributed by atoms with van der Waals surface area (Å²) in [6.45, 7) is 2.19. The number of aromatic carboxylic acids is 2. The van der Waals surface area contributed by atoms with E-state index in [4.69, 9.17) is 0 Å². The Bertz CT molecular complexity index is 826. The highest BCUT2D eigenvalue weighted by Crippen LogP contribution is 2.35. The fraction of sp³-hybridized carbons (Fsp3) is 0.440. The number of rotatable bonds is 13. The molecule has 168 valence electrons. The summed E-state index contributed by atoms with van der Waals surface area (Å²) in [6.07, 6.45) is 9.95. The van der Waals surface area contributed by atoms with Gasteiger partial charge in [0.25, 0.3) is 0 Å². The SMILES string of the molecule is CCCCCCCCCCC(c1ccc(O)c(C(=O)O)c1)c1ccc(O)c(C(=O)O)c1. The first-order valence-electron chi connectivity index (χ1n) is 11.0. The van der Waals surface area contributed by atoms with Crippen LogP contribution in [0.1, 0.15) is 102 Å². The van der Waals surface area contributed by atoms with Crippen molar-refractivity contribution in [3.63, 3.8) is 0 Å². The van der Waals surface area contributed by atoms with Crippen molar-refractivity contribution in [2.45, 2.75) is 70.6 Å². The molecule has 0 radical (unpaired) electrons. The van der Waals surface area contributed by atoms with Crippen LogP contribution in [-0.4, -0.2) is 32.4 Å². The Morgan fingerprint density at radius 2 is 1.13 bits per heavy atom. The van der Waals surface area contributed by atoms with Gasteiger partial charge < -0.3 is 20.4 Å². The second-order valence-corrected chi connectivity index (χ2v) is 7.98. The largest absolute Gasteiger partial charge is 0.507 e.